The zero-order valence-corrected chi connectivity index (χ0v) is 14.2. The number of hydrogen-bond donors (Lipinski definition) is 0. The lowest BCUT2D eigenvalue weighted by Crippen LogP contribution is -2.48. The second-order valence-electron chi connectivity index (χ2n) is 6.18. The predicted octanol–water partition coefficient (Wildman–Crippen LogP) is 3.34. The molecule has 0 aliphatic carbocycles. The van der Waals surface area contributed by atoms with Crippen LogP contribution in [0.3, 0.4) is 0 Å². The largest absolute Gasteiger partial charge is 0.497 e. The van der Waals surface area contributed by atoms with E-state index in [2.05, 4.69) is 48.9 Å². The number of nitrogens with zero attached hydrogens (tertiary/aromatic N) is 2. The minimum atomic E-state index is -0.659. The van der Waals surface area contributed by atoms with E-state index >= 15 is 0 Å². The lowest BCUT2D eigenvalue weighted by molar-refractivity contribution is -0.0688. The standard InChI is InChI=1S/C19H24N2O2/c1-14(2)21-11-12-23-19(21,18-15(3)7-6-10-20-18)16-8-5-9-17(13-16)22-4/h5-10,13-14H,11-12H2,1-4H3. The first-order chi connectivity index (χ1) is 11.1. The van der Waals surface area contributed by atoms with Crippen LogP contribution in [0.15, 0.2) is 42.6 Å². The fourth-order valence-electron chi connectivity index (χ4n) is 3.42. The number of rotatable bonds is 4. The molecular weight excluding hydrogens is 288 g/mol. The van der Waals surface area contributed by atoms with Gasteiger partial charge in [0.25, 0.3) is 0 Å². The van der Waals surface area contributed by atoms with E-state index in [1.165, 1.54) is 0 Å². The van der Waals surface area contributed by atoms with Gasteiger partial charge in [-0.3, -0.25) is 9.88 Å². The second-order valence-corrected chi connectivity index (χ2v) is 6.18. The minimum Gasteiger partial charge on any atom is -0.497 e. The number of aromatic nitrogens is 1. The van der Waals surface area contributed by atoms with Gasteiger partial charge in [-0.2, -0.15) is 0 Å². The summed E-state index contributed by atoms with van der Waals surface area (Å²) < 4.78 is 11.8. The normalized spacial score (nSPS) is 21.8. The van der Waals surface area contributed by atoms with Crippen LogP contribution in [0.4, 0.5) is 0 Å². The van der Waals surface area contributed by atoms with Gasteiger partial charge in [-0.05, 0) is 44.5 Å². The van der Waals surface area contributed by atoms with E-state index in [1.54, 1.807) is 7.11 Å². The van der Waals surface area contributed by atoms with Crippen LogP contribution in [0.25, 0.3) is 0 Å². The van der Waals surface area contributed by atoms with Crippen molar-refractivity contribution in [1.82, 2.24) is 9.88 Å². The highest BCUT2D eigenvalue weighted by Crippen LogP contribution is 2.43. The van der Waals surface area contributed by atoms with Crippen molar-refractivity contribution in [2.75, 3.05) is 20.3 Å². The fraction of sp³-hybridized carbons (Fsp3) is 0.421. The molecule has 1 unspecified atom stereocenters. The summed E-state index contributed by atoms with van der Waals surface area (Å²) >= 11 is 0. The molecule has 23 heavy (non-hydrogen) atoms. The van der Waals surface area contributed by atoms with Crippen LogP contribution in [0.5, 0.6) is 5.75 Å². The van der Waals surface area contributed by atoms with Crippen LogP contribution in [0, 0.1) is 6.92 Å². The average Bonchev–Trinajstić information content (AvgIpc) is 3.01. The van der Waals surface area contributed by atoms with Crippen molar-refractivity contribution in [1.29, 1.82) is 0 Å². The Morgan fingerprint density at radius 1 is 1.26 bits per heavy atom. The van der Waals surface area contributed by atoms with Gasteiger partial charge in [0.15, 0.2) is 5.72 Å². The summed E-state index contributed by atoms with van der Waals surface area (Å²) in [6.07, 6.45) is 1.84. The fourth-order valence-corrected chi connectivity index (χ4v) is 3.42. The molecule has 2 aromatic rings. The smallest absolute Gasteiger partial charge is 0.191 e. The lowest BCUT2D eigenvalue weighted by atomic mass is 9.93. The number of pyridine rings is 1. The first-order valence-corrected chi connectivity index (χ1v) is 8.07. The molecule has 2 heterocycles. The van der Waals surface area contributed by atoms with Gasteiger partial charge >= 0.3 is 0 Å². The molecule has 1 aromatic carbocycles. The monoisotopic (exact) mass is 312 g/mol. The van der Waals surface area contributed by atoms with Crippen LogP contribution >= 0.6 is 0 Å². The van der Waals surface area contributed by atoms with Crippen molar-refractivity contribution >= 4 is 0 Å². The van der Waals surface area contributed by atoms with E-state index < -0.39 is 5.72 Å². The number of benzene rings is 1. The Labute approximate surface area is 138 Å². The van der Waals surface area contributed by atoms with Crippen molar-refractivity contribution in [2.45, 2.75) is 32.5 Å². The summed E-state index contributed by atoms with van der Waals surface area (Å²) in [5, 5.41) is 0. The number of hydrogen-bond acceptors (Lipinski definition) is 4. The Hall–Kier alpha value is -1.91. The summed E-state index contributed by atoms with van der Waals surface area (Å²) in [6, 6.07) is 12.5. The van der Waals surface area contributed by atoms with Gasteiger partial charge in [-0.1, -0.05) is 18.2 Å². The summed E-state index contributed by atoms with van der Waals surface area (Å²) in [7, 11) is 1.69. The molecule has 0 N–H and O–H groups in total. The van der Waals surface area contributed by atoms with Crippen LogP contribution in [0.2, 0.25) is 0 Å². The van der Waals surface area contributed by atoms with Gasteiger partial charge in [-0.15, -0.1) is 0 Å². The van der Waals surface area contributed by atoms with Gasteiger partial charge < -0.3 is 9.47 Å². The van der Waals surface area contributed by atoms with E-state index in [9.17, 15) is 0 Å². The number of methoxy groups -OCH3 is 1. The van der Waals surface area contributed by atoms with Crippen LogP contribution < -0.4 is 4.74 Å². The molecular formula is C19H24N2O2. The van der Waals surface area contributed by atoms with E-state index in [4.69, 9.17) is 9.47 Å². The molecule has 1 aliphatic heterocycles. The van der Waals surface area contributed by atoms with Gasteiger partial charge in [-0.25, -0.2) is 0 Å². The highest BCUT2D eigenvalue weighted by atomic mass is 16.5. The van der Waals surface area contributed by atoms with Crippen molar-refractivity contribution in [3.63, 3.8) is 0 Å². The van der Waals surface area contributed by atoms with Crippen LogP contribution in [0.1, 0.15) is 30.7 Å². The quantitative estimate of drug-likeness (QED) is 0.867. The minimum absolute atomic E-state index is 0.338. The van der Waals surface area contributed by atoms with Gasteiger partial charge in [0, 0.05) is 24.3 Å². The molecule has 0 bridgehead atoms. The van der Waals surface area contributed by atoms with Gasteiger partial charge in [0.1, 0.15) is 5.75 Å². The van der Waals surface area contributed by atoms with Crippen molar-refractivity contribution in [2.24, 2.45) is 0 Å². The number of ether oxygens (including phenoxy) is 2. The Morgan fingerprint density at radius 2 is 2.09 bits per heavy atom. The number of aryl methyl sites for hydroxylation is 1. The molecule has 0 radical (unpaired) electrons. The molecule has 0 spiro atoms. The third kappa shape index (κ3) is 2.62. The van der Waals surface area contributed by atoms with Gasteiger partial charge in [0.2, 0.25) is 0 Å². The molecule has 1 saturated heterocycles. The zero-order chi connectivity index (χ0) is 16.4. The molecule has 1 fully saturated rings. The molecule has 1 atom stereocenters. The summed E-state index contributed by atoms with van der Waals surface area (Å²) in [6.45, 7) is 8.05. The summed E-state index contributed by atoms with van der Waals surface area (Å²) in [5.74, 6) is 0.828. The summed E-state index contributed by atoms with van der Waals surface area (Å²) in [5.41, 5.74) is 2.49. The Balaban J connectivity index is 2.24. The molecule has 0 saturated carbocycles. The second kappa shape index (κ2) is 6.30. The van der Waals surface area contributed by atoms with Crippen LogP contribution in [-0.2, 0) is 10.5 Å². The van der Waals surface area contributed by atoms with Crippen molar-refractivity contribution in [3.05, 3.63) is 59.4 Å². The topological polar surface area (TPSA) is 34.6 Å². The van der Waals surface area contributed by atoms with Gasteiger partial charge in [0.05, 0.1) is 19.4 Å². The van der Waals surface area contributed by atoms with Crippen molar-refractivity contribution in [3.8, 4) is 5.75 Å². The molecule has 122 valence electrons. The third-order valence-electron chi connectivity index (χ3n) is 4.46. The average molecular weight is 312 g/mol. The first-order valence-electron chi connectivity index (χ1n) is 8.07. The van der Waals surface area contributed by atoms with E-state index in [0.29, 0.717) is 12.6 Å². The van der Waals surface area contributed by atoms with Crippen LogP contribution in [-0.4, -0.2) is 36.2 Å². The molecule has 1 aromatic heterocycles. The maximum Gasteiger partial charge on any atom is 0.191 e. The predicted molar refractivity (Wildman–Crippen MR) is 90.5 cm³/mol. The molecule has 1 aliphatic rings. The molecule has 4 nitrogen and oxygen atoms in total. The third-order valence-corrected chi connectivity index (χ3v) is 4.46. The van der Waals surface area contributed by atoms with Crippen molar-refractivity contribution < 1.29 is 9.47 Å². The molecule has 0 amide bonds. The Kier molecular flexibility index (Phi) is 4.37. The Morgan fingerprint density at radius 3 is 2.78 bits per heavy atom. The lowest BCUT2D eigenvalue weighted by Gasteiger charge is -2.40. The Bertz CT molecular complexity index is 687. The van der Waals surface area contributed by atoms with E-state index in [1.807, 2.05) is 24.4 Å². The zero-order valence-electron chi connectivity index (χ0n) is 14.2. The molecule has 4 heteroatoms. The highest BCUT2D eigenvalue weighted by molar-refractivity contribution is 5.40. The maximum absolute atomic E-state index is 6.37. The SMILES string of the molecule is COc1cccc(C2(c3ncccc3C)OCCN2C(C)C)c1. The summed E-state index contributed by atoms with van der Waals surface area (Å²) in [4.78, 5) is 7.06. The molecule has 3 rings (SSSR count). The van der Waals surface area contributed by atoms with E-state index in [0.717, 1.165) is 29.1 Å². The highest BCUT2D eigenvalue weighted by Gasteiger charge is 2.48. The van der Waals surface area contributed by atoms with E-state index in [-0.39, 0.29) is 0 Å². The first kappa shape index (κ1) is 16.0. The maximum atomic E-state index is 6.37.